The van der Waals surface area contributed by atoms with Crippen LogP contribution in [0.2, 0.25) is 0 Å². The van der Waals surface area contributed by atoms with Crippen molar-refractivity contribution < 1.29 is 14.2 Å². The fraction of sp³-hybridized carbons (Fsp3) is 0.696. The maximum Gasteiger partial charge on any atom is 0.203 e. The molecule has 8 nitrogen and oxygen atoms in total. The number of guanidine groups is 1. The van der Waals surface area contributed by atoms with Gasteiger partial charge < -0.3 is 24.4 Å². The van der Waals surface area contributed by atoms with Gasteiger partial charge in [-0.15, -0.1) is 24.0 Å². The molecule has 0 amide bonds. The van der Waals surface area contributed by atoms with E-state index in [0.29, 0.717) is 23.3 Å². The van der Waals surface area contributed by atoms with Crippen molar-refractivity contribution in [3.63, 3.8) is 0 Å². The molecule has 3 rings (SSSR count). The van der Waals surface area contributed by atoms with Crippen molar-refractivity contribution in [1.82, 2.24) is 20.0 Å². The summed E-state index contributed by atoms with van der Waals surface area (Å²) in [4.78, 5) is 11.8. The highest BCUT2D eigenvalue weighted by atomic mass is 127. The lowest BCUT2D eigenvalue weighted by Crippen LogP contribution is -2.53. The topological polar surface area (TPSA) is 61.8 Å². The number of hydrogen-bond donors (Lipinski definition) is 1. The Morgan fingerprint density at radius 1 is 1.09 bits per heavy atom. The van der Waals surface area contributed by atoms with Crippen LogP contribution in [0.25, 0.3) is 0 Å². The van der Waals surface area contributed by atoms with Gasteiger partial charge in [0.15, 0.2) is 17.5 Å². The summed E-state index contributed by atoms with van der Waals surface area (Å²) in [6.45, 7) is 7.93. The number of piperazine rings is 1. The van der Waals surface area contributed by atoms with Gasteiger partial charge in [-0.2, -0.15) is 0 Å². The summed E-state index contributed by atoms with van der Waals surface area (Å²) in [5, 5.41) is 3.58. The van der Waals surface area contributed by atoms with Crippen molar-refractivity contribution >= 4 is 29.9 Å². The molecule has 2 fully saturated rings. The minimum absolute atomic E-state index is 0. The van der Waals surface area contributed by atoms with E-state index in [1.807, 2.05) is 19.2 Å². The first kappa shape index (κ1) is 26.8. The molecular weight excluding hydrogens is 521 g/mol. The van der Waals surface area contributed by atoms with E-state index in [-0.39, 0.29) is 24.0 Å². The highest BCUT2D eigenvalue weighted by Gasteiger charge is 2.29. The number of rotatable bonds is 9. The molecule has 1 N–H and O–H groups in total. The molecule has 1 atom stereocenters. The van der Waals surface area contributed by atoms with Crippen molar-refractivity contribution in [1.29, 1.82) is 0 Å². The molecule has 32 heavy (non-hydrogen) atoms. The molecule has 0 spiro atoms. The number of ether oxygens (including phenoxy) is 3. The quantitative estimate of drug-likeness (QED) is 0.283. The summed E-state index contributed by atoms with van der Waals surface area (Å²) >= 11 is 0. The van der Waals surface area contributed by atoms with Gasteiger partial charge in [0.1, 0.15) is 0 Å². The lowest BCUT2D eigenvalue weighted by molar-refractivity contribution is 0.171. The van der Waals surface area contributed by atoms with Crippen LogP contribution in [-0.2, 0) is 6.54 Å². The maximum atomic E-state index is 5.49. The highest BCUT2D eigenvalue weighted by Crippen LogP contribution is 2.38. The highest BCUT2D eigenvalue weighted by molar-refractivity contribution is 14.0. The third-order valence-corrected chi connectivity index (χ3v) is 6.39. The average Bonchev–Trinajstić information content (AvgIpc) is 3.64. The molecule has 1 saturated heterocycles. The van der Waals surface area contributed by atoms with Gasteiger partial charge in [-0.1, -0.05) is 0 Å². The van der Waals surface area contributed by atoms with Crippen molar-refractivity contribution in [3.05, 3.63) is 17.7 Å². The molecular formula is C23H40IN5O3. The van der Waals surface area contributed by atoms with Crippen LogP contribution < -0.4 is 19.5 Å². The van der Waals surface area contributed by atoms with E-state index in [1.165, 1.54) is 12.8 Å². The standard InChI is InChI=1S/C23H39N5O3.HI/c1-17(26(3)19-7-8-19)15-25-23(24-2)28-11-9-27(10-12-28)16-18-13-20(29-4)22(31-6)21(14-18)30-5;/h13-14,17,19H,7-12,15-16H2,1-6H3,(H,24,25);1H. The zero-order valence-electron chi connectivity index (χ0n) is 20.4. The molecule has 9 heteroatoms. The molecule has 182 valence electrons. The number of hydrogen-bond acceptors (Lipinski definition) is 6. The summed E-state index contributed by atoms with van der Waals surface area (Å²) < 4.78 is 16.4. The van der Waals surface area contributed by atoms with Crippen molar-refractivity contribution in [3.8, 4) is 17.2 Å². The second-order valence-corrected chi connectivity index (χ2v) is 8.47. The first-order valence-corrected chi connectivity index (χ1v) is 11.2. The summed E-state index contributed by atoms with van der Waals surface area (Å²) in [6.07, 6.45) is 2.67. The second kappa shape index (κ2) is 12.7. The maximum absolute atomic E-state index is 5.49. The van der Waals surface area contributed by atoms with Crippen LogP contribution in [-0.4, -0.2) is 101 Å². The average molecular weight is 562 g/mol. The largest absolute Gasteiger partial charge is 0.493 e. The predicted molar refractivity (Wildman–Crippen MR) is 140 cm³/mol. The van der Waals surface area contributed by atoms with Gasteiger partial charge in [-0.3, -0.25) is 14.8 Å². The van der Waals surface area contributed by atoms with E-state index in [2.05, 4.69) is 39.0 Å². The van der Waals surface area contributed by atoms with Crippen molar-refractivity contribution in [2.45, 2.75) is 38.4 Å². The molecule has 1 aromatic carbocycles. The number of aliphatic imine (C=N–C) groups is 1. The van der Waals surface area contributed by atoms with Gasteiger partial charge in [0, 0.05) is 58.4 Å². The number of halogens is 1. The van der Waals surface area contributed by atoms with Gasteiger partial charge in [-0.25, -0.2) is 0 Å². The van der Waals surface area contributed by atoms with E-state index in [4.69, 9.17) is 14.2 Å². The first-order chi connectivity index (χ1) is 15.0. The Morgan fingerprint density at radius 2 is 1.69 bits per heavy atom. The fourth-order valence-electron chi connectivity index (χ4n) is 4.16. The molecule has 0 bridgehead atoms. The number of nitrogens with zero attached hydrogens (tertiary/aromatic N) is 4. The van der Waals surface area contributed by atoms with Crippen LogP contribution in [0.5, 0.6) is 17.2 Å². The summed E-state index contributed by atoms with van der Waals surface area (Å²) in [5.41, 5.74) is 1.15. The Balaban J connectivity index is 0.00000363. The van der Waals surface area contributed by atoms with Gasteiger partial charge in [0.05, 0.1) is 21.3 Å². The molecule has 0 aromatic heterocycles. The van der Waals surface area contributed by atoms with E-state index in [0.717, 1.165) is 56.8 Å². The van der Waals surface area contributed by atoms with Crippen LogP contribution in [0.4, 0.5) is 0 Å². The molecule has 1 aliphatic carbocycles. The van der Waals surface area contributed by atoms with E-state index < -0.39 is 0 Å². The minimum Gasteiger partial charge on any atom is -0.493 e. The monoisotopic (exact) mass is 561 g/mol. The molecule has 1 saturated carbocycles. The predicted octanol–water partition coefficient (Wildman–Crippen LogP) is 2.51. The first-order valence-electron chi connectivity index (χ1n) is 11.2. The molecule has 1 heterocycles. The van der Waals surface area contributed by atoms with Gasteiger partial charge >= 0.3 is 0 Å². The van der Waals surface area contributed by atoms with Crippen LogP contribution in [0, 0.1) is 0 Å². The minimum atomic E-state index is 0. The van der Waals surface area contributed by atoms with Gasteiger partial charge in [0.2, 0.25) is 5.75 Å². The van der Waals surface area contributed by atoms with Crippen LogP contribution >= 0.6 is 24.0 Å². The molecule has 1 aromatic rings. The molecule has 2 aliphatic rings. The van der Waals surface area contributed by atoms with E-state index in [9.17, 15) is 0 Å². The second-order valence-electron chi connectivity index (χ2n) is 8.47. The van der Waals surface area contributed by atoms with Crippen LogP contribution in [0.3, 0.4) is 0 Å². The summed E-state index contributed by atoms with van der Waals surface area (Å²) in [6, 6.07) is 5.35. The molecule has 1 aliphatic heterocycles. The third-order valence-electron chi connectivity index (χ3n) is 6.39. The molecule has 1 unspecified atom stereocenters. The zero-order chi connectivity index (χ0) is 22.4. The Hall–Kier alpha value is -1.46. The lowest BCUT2D eigenvalue weighted by Gasteiger charge is -2.37. The van der Waals surface area contributed by atoms with Gasteiger partial charge in [-0.05, 0) is 44.5 Å². The SMILES string of the molecule is CN=C(NCC(C)N(C)C1CC1)N1CCN(Cc2cc(OC)c(OC)c(OC)c2)CC1.I. The Labute approximate surface area is 210 Å². The fourth-order valence-corrected chi connectivity index (χ4v) is 4.16. The van der Waals surface area contributed by atoms with Crippen molar-refractivity contribution in [2.24, 2.45) is 4.99 Å². The number of methoxy groups -OCH3 is 3. The van der Waals surface area contributed by atoms with Crippen LogP contribution in [0.15, 0.2) is 17.1 Å². The van der Waals surface area contributed by atoms with E-state index >= 15 is 0 Å². The number of nitrogens with one attached hydrogen (secondary N) is 1. The number of benzene rings is 1. The third kappa shape index (κ3) is 6.77. The van der Waals surface area contributed by atoms with Crippen LogP contribution in [0.1, 0.15) is 25.3 Å². The Bertz CT molecular complexity index is 726. The zero-order valence-corrected chi connectivity index (χ0v) is 22.7. The Morgan fingerprint density at radius 3 is 2.16 bits per heavy atom. The normalized spacial score (nSPS) is 18.2. The Kier molecular flexibility index (Phi) is 10.6. The smallest absolute Gasteiger partial charge is 0.203 e. The summed E-state index contributed by atoms with van der Waals surface area (Å²) in [7, 11) is 9.04. The summed E-state index contributed by atoms with van der Waals surface area (Å²) in [5.74, 6) is 3.04. The number of likely N-dealkylation sites (N-methyl/N-ethyl adjacent to an activating group) is 1. The lowest BCUT2D eigenvalue weighted by atomic mass is 10.1. The van der Waals surface area contributed by atoms with Gasteiger partial charge in [0.25, 0.3) is 0 Å². The van der Waals surface area contributed by atoms with E-state index in [1.54, 1.807) is 21.3 Å². The molecule has 0 radical (unpaired) electrons. The van der Waals surface area contributed by atoms with Crippen molar-refractivity contribution in [2.75, 3.05) is 68.1 Å².